The SMILES string of the molecule is CC(Cl)C(=O)NC(C)C(=O)Nc1nnc(-c2ccccc2)s1. The Balaban J connectivity index is 1.98. The first kappa shape index (κ1) is 16.4. The molecule has 1 heterocycles. The lowest BCUT2D eigenvalue weighted by atomic mass is 10.2. The number of rotatable bonds is 5. The summed E-state index contributed by atoms with van der Waals surface area (Å²) in [6.07, 6.45) is 0. The number of hydrogen-bond acceptors (Lipinski definition) is 5. The van der Waals surface area contributed by atoms with Crippen molar-refractivity contribution in [3.8, 4) is 10.6 Å². The normalized spacial score (nSPS) is 13.2. The minimum absolute atomic E-state index is 0.374. The Labute approximate surface area is 136 Å². The smallest absolute Gasteiger partial charge is 0.248 e. The van der Waals surface area contributed by atoms with E-state index < -0.39 is 17.3 Å². The van der Waals surface area contributed by atoms with E-state index >= 15 is 0 Å². The number of nitrogens with zero attached hydrogens (tertiary/aromatic N) is 2. The van der Waals surface area contributed by atoms with Crippen LogP contribution in [-0.4, -0.2) is 33.4 Å². The molecule has 0 aliphatic heterocycles. The lowest BCUT2D eigenvalue weighted by Gasteiger charge is -2.13. The summed E-state index contributed by atoms with van der Waals surface area (Å²) in [7, 11) is 0. The fourth-order valence-corrected chi connectivity index (χ4v) is 2.39. The van der Waals surface area contributed by atoms with E-state index in [2.05, 4.69) is 20.8 Å². The van der Waals surface area contributed by atoms with Gasteiger partial charge >= 0.3 is 0 Å². The molecule has 2 N–H and O–H groups in total. The van der Waals surface area contributed by atoms with Crippen molar-refractivity contribution in [1.29, 1.82) is 0 Å². The predicted molar refractivity (Wildman–Crippen MR) is 86.9 cm³/mol. The highest BCUT2D eigenvalue weighted by Gasteiger charge is 2.19. The maximum absolute atomic E-state index is 12.0. The molecule has 0 saturated carbocycles. The van der Waals surface area contributed by atoms with Crippen LogP contribution in [-0.2, 0) is 9.59 Å². The Morgan fingerprint density at radius 3 is 2.45 bits per heavy atom. The highest BCUT2D eigenvalue weighted by Crippen LogP contribution is 2.25. The van der Waals surface area contributed by atoms with Crippen molar-refractivity contribution in [2.24, 2.45) is 0 Å². The van der Waals surface area contributed by atoms with Gasteiger partial charge in [0.05, 0.1) is 0 Å². The van der Waals surface area contributed by atoms with Gasteiger partial charge in [0.2, 0.25) is 16.9 Å². The number of halogens is 1. The maximum Gasteiger partial charge on any atom is 0.248 e. The molecular weight excluding hydrogens is 324 g/mol. The van der Waals surface area contributed by atoms with Gasteiger partial charge in [-0.1, -0.05) is 41.7 Å². The van der Waals surface area contributed by atoms with E-state index in [1.54, 1.807) is 13.8 Å². The summed E-state index contributed by atoms with van der Waals surface area (Å²) in [4.78, 5) is 23.4. The average molecular weight is 339 g/mol. The van der Waals surface area contributed by atoms with Gasteiger partial charge in [-0.25, -0.2) is 0 Å². The number of carbonyl (C=O) groups excluding carboxylic acids is 2. The molecule has 0 fully saturated rings. The van der Waals surface area contributed by atoms with Crippen LogP contribution >= 0.6 is 22.9 Å². The van der Waals surface area contributed by atoms with Gasteiger partial charge in [-0.15, -0.1) is 21.8 Å². The van der Waals surface area contributed by atoms with E-state index in [1.807, 2.05) is 30.3 Å². The number of benzene rings is 1. The summed E-state index contributed by atoms with van der Waals surface area (Å²) in [5.74, 6) is -0.770. The van der Waals surface area contributed by atoms with Crippen LogP contribution in [0.3, 0.4) is 0 Å². The zero-order chi connectivity index (χ0) is 16.1. The molecule has 2 atom stereocenters. The van der Waals surface area contributed by atoms with Gasteiger partial charge in [0, 0.05) is 5.56 Å². The molecule has 0 aliphatic carbocycles. The molecule has 2 unspecified atom stereocenters. The van der Waals surface area contributed by atoms with E-state index in [-0.39, 0.29) is 5.91 Å². The summed E-state index contributed by atoms with van der Waals surface area (Å²) >= 11 is 6.91. The Morgan fingerprint density at radius 2 is 1.82 bits per heavy atom. The number of alkyl halides is 1. The van der Waals surface area contributed by atoms with Crippen molar-refractivity contribution in [1.82, 2.24) is 15.5 Å². The lowest BCUT2D eigenvalue weighted by Crippen LogP contribution is -2.44. The van der Waals surface area contributed by atoms with Crippen LogP contribution in [0.5, 0.6) is 0 Å². The molecule has 6 nitrogen and oxygen atoms in total. The molecule has 2 amide bonds. The third kappa shape index (κ3) is 4.25. The van der Waals surface area contributed by atoms with Crippen LogP contribution in [0.1, 0.15) is 13.8 Å². The Bertz CT molecular complexity index is 660. The largest absolute Gasteiger partial charge is 0.343 e. The molecule has 0 saturated heterocycles. The van der Waals surface area contributed by atoms with E-state index in [0.29, 0.717) is 10.1 Å². The third-order valence-corrected chi connectivity index (χ3v) is 3.88. The second kappa shape index (κ2) is 7.33. The van der Waals surface area contributed by atoms with Crippen LogP contribution in [0, 0.1) is 0 Å². The Hall–Kier alpha value is -1.99. The summed E-state index contributed by atoms with van der Waals surface area (Å²) in [5.41, 5.74) is 0.929. The summed E-state index contributed by atoms with van der Waals surface area (Å²) < 4.78 is 0. The molecule has 22 heavy (non-hydrogen) atoms. The number of amides is 2. The van der Waals surface area contributed by atoms with E-state index in [4.69, 9.17) is 11.6 Å². The van der Waals surface area contributed by atoms with Crippen molar-refractivity contribution >= 4 is 39.9 Å². The predicted octanol–water partition coefficient (Wildman–Crippen LogP) is 2.28. The third-order valence-electron chi connectivity index (χ3n) is 2.79. The van der Waals surface area contributed by atoms with Gasteiger partial charge in [0.1, 0.15) is 16.4 Å². The quantitative estimate of drug-likeness (QED) is 0.819. The summed E-state index contributed by atoms with van der Waals surface area (Å²) in [6, 6.07) is 8.83. The van der Waals surface area contributed by atoms with Crippen LogP contribution in [0.4, 0.5) is 5.13 Å². The summed E-state index contributed by atoms with van der Waals surface area (Å²) in [6.45, 7) is 3.12. The van der Waals surface area contributed by atoms with Gasteiger partial charge in [-0.3, -0.25) is 14.9 Å². The number of nitrogens with one attached hydrogen (secondary N) is 2. The number of aromatic nitrogens is 2. The molecule has 1 aromatic carbocycles. The monoisotopic (exact) mass is 338 g/mol. The van der Waals surface area contributed by atoms with Gasteiger partial charge < -0.3 is 5.32 Å². The van der Waals surface area contributed by atoms with Crippen molar-refractivity contribution in [3.63, 3.8) is 0 Å². The molecular formula is C14H15ClN4O2S. The molecule has 0 bridgehead atoms. The molecule has 0 spiro atoms. The minimum Gasteiger partial charge on any atom is -0.343 e. The van der Waals surface area contributed by atoms with E-state index in [0.717, 1.165) is 5.56 Å². The molecule has 1 aromatic heterocycles. The van der Waals surface area contributed by atoms with Gasteiger partial charge in [-0.05, 0) is 13.8 Å². The topological polar surface area (TPSA) is 84.0 Å². The zero-order valence-corrected chi connectivity index (χ0v) is 13.6. The average Bonchev–Trinajstić information content (AvgIpc) is 2.96. The molecule has 116 valence electrons. The number of carbonyl (C=O) groups is 2. The van der Waals surface area contributed by atoms with E-state index in [1.165, 1.54) is 11.3 Å². The van der Waals surface area contributed by atoms with E-state index in [9.17, 15) is 9.59 Å². The Kier molecular flexibility index (Phi) is 5.46. The number of anilines is 1. The van der Waals surface area contributed by atoms with Crippen LogP contribution < -0.4 is 10.6 Å². The van der Waals surface area contributed by atoms with Crippen molar-refractivity contribution in [3.05, 3.63) is 30.3 Å². The molecule has 2 rings (SSSR count). The highest BCUT2D eigenvalue weighted by atomic mass is 35.5. The molecule has 0 radical (unpaired) electrons. The second-order valence-corrected chi connectivity index (χ2v) is 6.25. The first-order valence-electron chi connectivity index (χ1n) is 6.61. The highest BCUT2D eigenvalue weighted by molar-refractivity contribution is 7.18. The molecule has 8 heteroatoms. The standard InChI is InChI=1S/C14H15ClN4O2S/c1-8(15)11(20)16-9(2)12(21)17-14-19-18-13(22-14)10-6-4-3-5-7-10/h3-9H,1-2H3,(H,16,20)(H,17,19,21). The Morgan fingerprint density at radius 1 is 1.14 bits per heavy atom. The zero-order valence-electron chi connectivity index (χ0n) is 12.0. The minimum atomic E-state index is -0.710. The van der Waals surface area contributed by atoms with Gasteiger partial charge in [-0.2, -0.15) is 0 Å². The van der Waals surface area contributed by atoms with Crippen LogP contribution in [0.25, 0.3) is 10.6 Å². The lowest BCUT2D eigenvalue weighted by molar-refractivity contribution is -0.125. The van der Waals surface area contributed by atoms with Crippen molar-refractivity contribution in [2.45, 2.75) is 25.3 Å². The fraction of sp³-hybridized carbons (Fsp3) is 0.286. The second-order valence-electron chi connectivity index (χ2n) is 4.61. The first-order valence-corrected chi connectivity index (χ1v) is 7.87. The van der Waals surface area contributed by atoms with Gasteiger partial charge in [0.25, 0.3) is 0 Å². The van der Waals surface area contributed by atoms with Crippen molar-refractivity contribution < 1.29 is 9.59 Å². The maximum atomic E-state index is 12.0. The molecule has 2 aromatic rings. The first-order chi connectivity index (χ1) is 10.5. The van der Waals surface area contributed by atoms with Crippen LogP contribution in [0.15, 0.2) is 30.3 Å². The summed E-state index contributed by atoms with van der Waals surface area (Å²) in [5, 5.41) is 13.5. The van der Waals surface area contributed by atoms with Crippen molar-refractivity contribution in [2.75, 3.05) is 5.32 Å². The fourth-order valence-electron chi connectivity index (χ4n) is 1.58. The number of hydrogen-bond donors (Lipinski definition) is 2. The van der Waals surface area contributed by atoms with Crippen LogP contribution in [0.2, 0.25) is 0 Å². The van der Waals surface area contributed by atoms with Gasteiger partial charge in [0.15, 0.2) is 0 Å². The molecule has 0 aliphatic rings.